The SMILES string of the molecule is O=S1(=O)c2ccccc2[C@H](O)[C@H](Cc2ccccc2)N1Cc1ccncc1. The molecule has 3 aromatic rings. The molecule has 0 spiro atoms. The van der Waals surface area contributed by atoms with E-state index < -0.39 is 22.2 Å². The lowest BCUT2D eigenvalue weighted by Crippen LogP contribution is -2.48. The summed E-state index contributed by atoms with van der Waals surface area (Å²) in [5.74, 6) is 0. The number of aliphatic hydroxyl groups excluding tert-OH is 1. The van der Waals surface area contributed by atoms with Gasteiger partial charge in [0, 0.05) is 24.5 Å². The molecular weight excluding hydrogens is 360 g/mol. The summed E-state index contributed by atoms with van der Waals surface area (Å²) in [5, 5.41) is 11.0. The minimum absolute atomic E-state index is 0.177. The number of nitrogens with zero attached hydrogens (tertiary/aromatic N) is 2. The Morgan fingerprint density at radius 2 is 1.56 bits per heavy atom. The van der Waals surface area contributed by atoms with E-state index in [1.807, 2.05) is 30.3 Å². The number of hydrogen-bond acceptors (Lipinski definition) is 4. The highest BCUT2D eigenvalue weighted by molar-refractivity contribution is 7.89. The molecule has 5 nitrogen and oxygen atoms in total. The van der Waals surface area contributed by atoms with Gasteiger partial charge in [0.25, 0.3) is 0 Å². The van der Waals surface area contributed by atoms with E-state index in [0.29, 0.717) is 12.0 Å². The second-order valence-corrected chi connectivity index (χ2v) is 8.50. The van der Waals surface area contributed by atoms with Crippen LogP contribution in [0.4, 0.5) is 0 Å². The van der Waals surface area contributed by atoms with Crippen LogP contribution < -0.4 is 0 Å². The van der Waals surface area contributed by atoms with Crippen molar-refractivity contribution in [1.82, 2.24) is 9.29 Å². The molecule has 2 aromatic carbocycles. The van der Waals surface area contributed by atoms with E-state index in [2.05, 4.69) is 4.98 Å². The summed E-state index contributed by atoms with van der Waals surface area (Å²) in [6, 6.07) is 19.4. The maximum atomic E-state index is 13.4. The standard InChI is InChI=1S/C21H20N2O3S/c24-21-18-8-4-5-9-20(18)27(25,26)23(15-17-10-12-22-13-11-17)19(21)14-16-6-2-1-3-7-16/h1-13,19,21,24H,14-15H2/t19-,21-/m0/s1. The summed E-state index contributed by atoms with van der Waals surface area (Å²) in [7, 11) is -3.73. The highest BCUT2D eigenvalue weighted by Crippen LogP contribution is 2.38. The lowest BCUT2D eigenvalue weighted by molar-refractivity contribution is 0.0769. The van der Waals surface area contributed by atoms with Gasteiger partial charge in [-0.3, -0.25) is 4.98 Å². The molecule has 0 saturated carbocycles. The molecule has 6 heteroatoms. The molecule has 1 aliphatic rings. The average molecular weight is 380 g/mol. The Morgan fingerprint density at radius 3 is 2.30 bits per heavy atom. The van der Waals surface area contributed by atoms with Crippen molar-refractivity contribution in [2.24, 2.45) is 0 Å². The second-order valence-electron chi connectivity index (χ2n) is 6.65. The number of benzene rings is 2. The monoisotopic (exact) mass is 380 g/mol. The predicted molar refractivity (Wildman–Crippen MR) is 102 cm³/mol. The number of pyridine rings is 1. The Bertz CT molecular complexity index is 1020. The number of fused-ring (bicyclic) bond motifs is 1. The van der Waals surface area contributed by atoms with Crippen molar-refractivity contribution < 1.29 is 13.5 Å². The third kappa shape index (κ3) is 3.39. The van der Waals surface area contributed by atoms with Crippen molar-refractivity contribution in [3.8, 4) is 0 Å². The van der Waals surface area contributed by atoms with E-state index in [-0.39, 0.29) is 11.4 Å². The zero-order chi connectivity index (χ0) is 18.9. The number of rotatable bonds is 4. The van der Waals surface area contributed by atoms with Crippen LogP contribution in [0.25, 0.3) is 0 Å². The normalized spacial score (nSPS) is 21.5. The van der Waals surface area contributed by atoms with E-state index in [4.69, 9.17) is 0 Å². The lowest BCUT2D eigenvalue weighted by atomic mass is 9.95. The quantitative estimate of drug-likeness (QED) is 0.756. The summed E-state index contributed by atoms with van der Waals surface area (Å²) in [4.78, 5) is 4.17. The molecule has 2 heterocycles. The van der Waals surface area contributed by atoms with Crippen molar-refractivity contribution in [2.75, 3.05) is 0 Å². The van der Waals surface area contributed by atoms with Crippen LogP contribution in [-0.4, -0.2) is 28.9 Å². The zero-order valence-electron chi connectivity index (χ0n) is 14.6. The Labute approximate surface area is 159 Å². The van der Waals surface area contributed by atoms with Gasteiger partial charge in [0.2, 0.25) is 10.0 Å². The van der Waals surface area contributed by atoms with Crippen LogP contribution >= 0.6 is 0 Å². The first-order valence-electron chi connectivity index (χ1n) is 8.79. The highest BCUT2D eigenvalue weighted by atomic mass is 32.2. The highest BCUT2D eigenvalue weighted by Gasteiger charge is 2.43. The fourth-order valence-electron chi connectivity index (χ4n) is 3.57. The summed E-state index contributed by atoms with van der Waals surface area (Å²) < 4.78 is 28.1. The first-order chi connectivity index (χ1) is 13.1. The van der Waals surface area contributed by atoms with E-state index in [9.17, 15) is 13.5 Å². The lowest BCUT2D eigenvalue weighted by Gasteiger charge is -2.39. The van der Waals surface area contributed by atoms with Crippen LogP contribution in [0.2, 0.25) is 0 Å². The Balaban J connectivity index is 1.80. The number of hydrogen-bond donors (Lipinski definition) is 1. The molecule has 1 aromatic heterocycles. The minimum Gasteiger partial charge on any atom is -0.387 e. The molecule has 0 aliphatic carbocycles. The Hall–Kier alpha value is -2.54. The molecule has 0 fully saturated rings. The number of sulfonamides is 1. The molecule has 0 radical (unpaired) electrons. The molecule has 27 heavy (non-hydrogen) atoms. The van der Waals surface area contributed by atoms with Gasteiger partial charge in [-0.2, -0.15) is 4.31 Å². The molecule has 4 rings (SSSR count). The van der Waals surface area contributed by atoms with E-state index >= 15 is 0 Å². The van der Waals surface area contributed by atoms with Gasteiger partial charge in [-0.25, -0.2) is 8.42 Å². The van der Waals surface area contributed by atoms with E-state index in [0.717, 1.165) is 11.1 Å². The fraction of sp³-hybridized carbons (Fsp3) is 0.190. The van der Waals surface area contributed by atoms with Gasteiger partial charge in [-0.15, -0.1) is 0 Å². The molecular formula is C21H20N2O3S. The largest absolute Gasteiger partial charge is 0.387 e. The number of aliphatic hydroxyl groups is 1. The zero-order valence-corrected chi connectivity index (χ0v) is 15.5. The van der Waals surface area contributed by atoms with Crippen LogP contribution in [0, 0.1) is 0 Å². The first kappa shape index (κ1) is 17.9. The van der Waals surface area contributed by atoms with Gasteiger partial charge in [-0.05, 0) is 35.7 Å². The van der Waals surface area contributed by atoms with Gasteiger partial charge in [0.05, 0.1) is 17.0 Å². The summed E-state index contributed by atoms with van der Waals surface area (Å²) >= 11 is 0. The molecule has 2 atom stereocenters. The van der Waals surface area contributed by atoms with Crippen LogP contribution in [0.15, 0.2) is 84.0 Å². The molecule has 0 amide bonds. The van der Waals surface area contributed by atoms with Gasteiger partial charge >= 0.3 is 0 Å². The Morgan fingerprint density at radius 1 is 0.889 bits per heavy atom. The molecule has 138 valence electrons. The van der Waals surface area contributed by atoms with Gasteiger partial charge in [0.1, 0.15) is 0 Å². The van der Waals surface area contributed by atoms with Gasteiger partial charge in [0.15, 0.2) is 0 Å². The van der Waals surface area contributed by atoms with Gasteiger partial charge < -0.3 is 5.11 Å². The molecule has 1 N–H and O–H groups in total. The first-order valence-corrected chi connectivity index (χ1v) is 10.2. The molecule has 1 aliphatic heterocycles. The Kier molecular flexibility index (Phi) is 4.78. The van der Waals surface area contributed by atoms with Crippen molar-refractivity contribution in [3.63, 3.8) is 0 Å². The summed E-state index contributed by atoms with van der Waals surface area (Å²) in [6.07, 6.45) is 2.82. The van der Waals surface area contributed by atoms with Crippen molar-refractivity contribution in [3.05, 3.63) is 95.8 Å². The maximum absolute atomic E-state index is 13.4. The number of aromatic nitrogens is 1. The molecule has 0 saturated heterocycles. The third-order valence-corrected chi connectivity index (χ3v) is 6.88. The average Bonchev–Trinajstić information content (AvgIpc) is 2.71. The minimum atomic E-state index is -3.73. The summed E-state index contributed by atoms with van der Waals surface area (Å²) in [5.41, 5.74) is 2.28. The van der Waals surface area contributed by atoms with Crippen molar-refractivity contribution in [1.29, 1.82) is 0 Å². The third-order valence-electron chi connectivity index (χ3n) is 4.93. The van der Waals surface area contributed by atoms with E-state index in [1.165, 1.54) is 4.31 Å². The molecule has 0 unspecified atom stereocenters. The molecule has 0 bridgehead atoms. The van der Waals surface area contributed by atoms with Crippen LogP contribution in [0.5, 0.6) is 0 Å². The summed E-state index contributed by atoms with van der Waals surface area (Å²) in [6.45, 7) is 0.188. The van der Waals surface area contributed by atoms with E-state index in [1.54, 1.807) is 48.8 Å². The smallest absolute Gasteiger partial charge is 0.244 e. The van der Waals surface area contributed by atoms with Crippen molar-refractivity contribution >= 4 is 10.0 Å². The fourth-order valence-corrected chi connectivity index (χ4v) is 5.42. The topological polar surface area (TPSA) is 70.5 Å². The predicted octanol–water partition coefficient (Wildman–Crippen LogP) is 2.93. The maximum Gasteiger partial charge on any atom is 0.244 e. The van der Waals surface area contributed by atoms with Crippen LogP contribution in [-0.2, 0) is 23.0 Å². The van der Waals surface area contributed by atoms with Gasteiger partial charge in [-0.1, -0.05) is 48.5 Å². The van der Waals surface area contributed by atoms with Crippen LogP contribution in [0.3, 0.4) is 0 Å². The van der Waals surface area contributed by atoms with Crippen LogP contribution in [0.1, 0.15) is 22.8 Å². The van der Waals surface area contributed by atoms with Crippen molar-refractivity contribution in [2.45, 2.75) is 30.0 Å². The second kappa shape index (κ2) is 7.23.